The number of hydrogen-bond donors (Lipinski definition) is 1. The average molecular weight is 254 g/mol. The molecular formula is C16H34N2. The number of rotatable bonds is 7. The molecule has 0 aromatic heterocycles. The molecule has 1 aliphatic rings. The van der Waals surface area contributed by atoms with Crippen LogP contribution in [-0.4, -0.2) is 36.1 Å². The number of nitrogens with one attached hydrogen (secondary N) is 1. The minimum absolute atomic E-state index is 0.343. The van der Waals surface area contributed by atoms with Gasteiger partial charge in [0.15, 0.2) is 0 Å². The molecule has 0 bridgehead atoms. The van der Waals surface area contributed by atoms with Gasteiger partial charge in [-0.3, -0.25) is 4.90 Å². The van der Waals surface area contributed by atoms with Crippen LogP contribution in [-0.2, 0) is 0 Å². The van der Waals surface area contributed by atoms with E-state index in [0.717, 1.165) is 12.0 Å². The van der Waals surface area contributed by atoms with Crippen LogP contribution in [0.25, 0.3) is 0 Å². The van der Waals surface area contributed by atoms with E-state index in [-0.39, 0.29) is 0 Å². The molecule has 0 aliphatic carbocycles. The van der Waals surface area contributed by atoms with Gasteiger partial charge in [0, 0.05) is 24.7 Å². The molecule has 1 rings (SSSR count). The number of hydrogen-bond acceptors (Lipinski definition) is 2. The van der Waals surface area contributed by atoms with Gasteiger partial charge in [-0.05, 0) is 45.1 Å². The van der Waals surface area contributed by atoms with Crippen molar-refractivity contribution in [1.82, 2.24) is 10.2 Å². The van der Waals surface area contributed by atoms with Crippen LogP contribution in [0.4, 0.5) is 0 Å². The Balaban J connectivity index is 2.63. The highest BCUT2D eigenvalue weighted by molar-refractivity contribution is 4.91. The number of nitrogens with zero attached hydrogens (tertiary/aromatic N) is 1. The summed E-state index contributed by atoms with van der Waals surface area (Å²) in [5, 5.41) is 3.76. The molecule has 2 heteroatoms. The Bertz CT molecular complexity index is 215. The van der Waals surface area contributed by atoms with E-state index < -0.39 is 0 Å². The molecule has 1 aliphatic heterocycles. The van der Waals surface area contributed by atoms with Crippen LogP contribution in [0.1, 0.15) is 66.7 Å². The zero-order chi connectivity index (χ0) is 13.6. The van der Waals surface area contributed by atoms with Gasteiger partial charge in [0.2, 0.25) is 0 Å². The summed E-state index contributed by atoms with van der Waals surface area (Å²) in [6.07, 6.45) is 6.63. The molecule has 0 aromatic rings. The van der Waals surface area contributed by atoms with Gasteiger partial charge in [-0.25, -0.2) is 0 Å². The molecule has 1 heterocycles. The smallest absolute Gasteiger partial charge is 0.0280 e. The summed E-state index contributed by atoms with van der Waals surface area (Å²) >= 11 is 0. The lowest BCUT2D eigenvalue weighted by Crippen LogP contribution is -2.56. The van der Waals surface area contributed by atoms with Crippen molar-refractivity contribution in [2.45, 2.75) is 78.3 Å². The van der Waals surface area contributed by atoms with Crippen LogP contribution in [0.3, 0.4) is 0 Å². The molecule has 0 amide bonds. The molecule has 1 N–H and O–H groups in total. The average Bonchev–Trinajstić information content (AvgIpc) is 2.30. The molecule has 1 saturated heterocycles. The van der Waals surface area contributed by atoms with E-state index in [2.05, 4.69) is 44.8 Å². The van der Waals surface area contributed by atoms with E-state index in [4.69, 9.17) is 0 Å². The quantitative estimate of drug-likeness (QED) is 0.746. The number of piperidine rings is 1. The van der Waals surface area contributed by atoms with Crippen LogP contribution in [0.2, 0.25) is 0 Å². The maximum absolute atomic E-state index is 3.76. The van der Waals surface area contributed by atoms with Crippen LogP contribution in [0.5, 0.6) is 0 Å². The van der Waals surface area contributed by atoms with Crippen molar-refractivity contribution in [1.29, 1.82) is 0 Å². The van der Waals surface area contributed by atoms with E-state index in [1.54, 1.807) is 0 Å². The van der Waals surface area contributed by atoms with E-state index >= 15 is 0 Å². The normalized spacial score (nSPS) is 25.3. The highest BCUT2D eigenvalue weighted by atomic mass is 15.2. The van der Waals surface area contributed by atoms with E-state index in [1.165, 1.54) is 51.7 Å². The SMILES string of the molecule is CCC(CC)N(CC(C)C)CC1(C)CCCCN1. The summed E-state index contributed by atoms with van der Waals surface area (Å²) in [5.74, 6) is 0.762. The molecule has 0 aromatic carbocycles. The molecule has 2 nitrogen and oxygen atoms in total. The van der Waals surface area contributed by atoms with E-state index in [0.29, 0.717) is 5.54 Å². The Kier molecular flexibility index (Phi) is 6.65. The lowest BCUT2D eigenvalue weighted by Gasteiger charge is -2.42. The first-order valence-electron chi connectivity index (χ1n) is 7.99. The molecule has 1 fully saturated rings. The van der Waals surface area contributed by atoms with Gasteiger partial charge in [0.1, 0.15) is 0 Å². The first-order chi connectivity index (χ1) is 8.50. The lowest BCUT2D eigenvalue weighted by molar-refractivity contribution is 0.105. The summed E-state index contributed by atoms with van der Waals surface area (Å²) in [6, 6.07) is 0.757. The molecule has 1 unspecified atom stereocenters. The summed E-state index contributed by atoms with van der Waals surface area (Å²) in [5.41, 5.74) is 0.343. The molecule has 1 atom stereocenters. The van der Waals surface area contributed by atoms with Crippen LogP contribution in [0.15, 0.2) is 0 Å². The van der Waals surface area contributed by atoms with E-state index in [1.807, 2.05) is 0 Å². The van der Waals surface area contributed by atoms with Crippen molar-refractivity contribution in [2.75, 3.05) is 19.6 Å². The Morgan fingerprint density at radius 3 is 2.28 bits per heavy atom. The predicted molar refractivity (Wildman–Crippen MR) is 81.0 cm³/mol. The van der Waals surface area contributed by atoms with Crippen molar-refractivity contribution in [3.8, 4) is 0 Å². The fourth-order valence-corrected chi connectivity index (χ4v) is 3.32. The predicted octanol–water partition coefficient (Wildman–Crippen LogP) is 3.67. The first kappa shape index (κ1) is 16.0. The monoisotopic (exact) mass is 254 g/mol. The van der Waals surface area contributed by atoms with Gasteiger partial charge in [-0.15, -0.1) is 0 Å². The fourth-order valence-electron chi connectivity index (χ4n) is 3.32. The van der Waals surface area contributed by atoms with Gasteiger partial charge >= 0.3 is 0 Å². The van der Waals surface area contributed by atoms with E-state index in [9.17, 15) is 0 Å². The van der Waals surface area contributed by atoms with Gasteiger partial charge in [0.25, 0.3) is 0 Å². The largest absolute Gasteiger partial charge is 0.310 e. The van der Waals surface area contributed by atoms with Gasteiger partial charge < -0.3 is 5.32 Å². The highest BCUT2D eigenvalue weighted by Gasteiger charge is 2.30. The Hall–Kier alpha value is -0.0800. The molecule has 0 spiro atoms. The molecule has 0 saturated carbocycles. The fraction of sp³-hybridized carbons (Fsp3) is 1.00. The minimum Gasteiger partial charge on any atom is -0.310 e. The van der Waals surface area contributed by atoms with Crippen molar-refractivity contribution >= 4 is 0 Å². The van der Waals surface area contributed by atoms with Crippen LogP contribution in [0, 0.1) is 5.92 Å². The van der Waals surface area contributed by atoms with Crippen molar-refractivity contribution in [2.24, 2.45) is 5.92 Å². The van der Waals surface area contributed by atoms with Gasteiger partial charge in [-0.2, -0.15) is 0 Å². The molecule has 108 valence electrons. The second-order valence-electron chi connectivity index (χ2n) is 6.74. The minimum atomic E-state index is 0.343. The zero-order valence-electron chi connectivity index (χ0n) is 13.3. The zero-order valence-corrected chi connectivity index (χ0v) is 13.3. The Morgan fingerprint density at radius 2 is 1.83 bits per heavy atom. The van der Waals surface area contributed by atoms with Crippen LogP contribution >= 0.6 is 0 Å². The van der Waals surface area contributed by atoms with Crippen molar-refractivity contribution in [3.05, 3.63) is 0 Å². The Morgan fingerprint density at radius 1 is 1.17 bits per heavy atom. The molecule has 0 radical (unpaired) electrons. The first-order valence-corrected chi connectivity index (χ1v) is 7.99. The molecule has 18 heavy (non-hydrogen) atoms. The molecular weight excluding hydrogens is 220 g/mol. The third kappa shape index (κ3) is 4.89. The summed E-state index contributed by atoms with van der Waals surface area (Å²) in [4.78, 5) is 2.74. The lowest BCUT2D eigenvalue weighted by atomic mass is 9.89. The van der Waals surface area contributed by atoms with Crippen molar-refractivity contribution < 1.29 is 0 Å². The van der Waals surface area contributed by atoms with Gasteiger partial charge in [0.05, 0.1) is 0 Å². The summed E-state index contributed by atoms with van der Waals surface area (Å²) in [6.45, 7) is 15.4. The third-order valence-electron chi connectivity index (χ3n) is 4.32. The third-order valence-corrected chi connectivity index (χ3v) is 4.32. The maximum atomic E-state index is 3.76. The summed E-state index contributed by atoms with van der Waals surface area (Å²) < 4.78 is 0. The maximum Gasteiger partial charge on any atom is 0.0280 e. The second-order valence-corrected chi connectivity index (χ2v) is 6.74. The highest BCUT2D eigenvalue weighted by Crippen LogP contribution is 2.23. The van der Waals surface area contributed by atoms with Gasteiger partial charge in [-0.1, -0.05) is 34.1 Å². The van der Waals surface area contributed by atoms with Crippen molar-refractivity contribution in [3.63, 3.8) is 0 Å². The second kappa shape index (κ2) is 7.49. The van der Waals surface area contributed by atoms with Crippen LogP contribution < -0.4 is 5.32 Å². The summed E-state index contributed by atoms with van der Waals surface area (Å²) in [7, 11) is 0. The topological polar surface area (TPSA) is 15.3 Å². The standard InChI is InChI=1S/C16H34N2/c1-6-15(7-2)18(12-14(3)4)13-16(5)10-8-9-11-17-16/h14-15,17H,6-13H2,1-5H3. The Labute approximate surface area is 115 Å².